The Morgan fingerprint density at radius 2 is 1.69 bits per heavy atom. The average Bonchev–Trinajstić information content (AvgIpc) is 2.08. The van der Waals surface area contributed by atoms with E-state index in [1.807, 2.05) is 5.43 Å². The van der Waals surface area contributed by atoms with Gasteiger partial charge in [0, 0.05) is 12.5 Å². The number of carbonyl (C=O) groups excluding carboxylic acids is 2. The van der Waals surface area contributed by atoms with Crippen LogP contribution in [-0.4, -0.2) is 24.1 Å². The minimum atomic E-state index is -4.68. The average molecular weight is 236 g/mol. The Morgan fingerprint density at radius 1 is 1.19 bits per heavy atom. The Bertz CT molecular complexity index is 356. The smallest absolute Gasteiger partial charge is 0.295 e. The maximum atomic E-state index is 12.4. The summed E-state index contributed by atoms with van der Waals surface area (Å²) >= 11 is 0. The summed E-state index contributed by atoms with van der Waals surface area (Å²) in [5.41, 5.74) is 0.198. The molecule has 1 amide bonds. The van der Waals surface area contributed by atoms with Crippen molar-refractivity contribution >= 4 is 17.9 Å². The lowest BCUT2D eigenvalue weighted by Gasteiger charge is -2.09. The van der Waals surface area contributed by atoms with Crippen LogP contribution in [0.3, 0.4) is 0 Å². The molecule has 0 heterocycles. The maximum Gasteiger partial charge on any atom is 0.418 e. The summed E-state index contributed by atoms with van der Waals surface area (Å²) in [4.78, 5) is 21.2. The molecule has 0 saturated heterocycles. The van der Waals surface area contributed by atoms with Gasteiger partial charge in [-0.05, 0) is 13.8 Å². The fourth-order valence-electron chi connectivity index (χ4n) is 0.760. The number of hydrazone groups is 1. The van der Waals surface area contributed by atoms with E-state index < -0.39 is 29.0 Å². The first-order valence-corrected chi connectivity index (χ1v) is 4.25. The second kappa shape index (κ2) is 5.43. The van der Waals surface area contributed by atoms with Crippen LogP contribution in [0.25, 0.3) is 0 Å². The summed E-state index contributed by atoms with van der Waals surface area (Å²) in [6.07, 6.45) is -4.27. The normalized spacial score (nSPS) is 13.6. The van der Waals surface area contributed by atoms with Gasteiger partial charge in [0.05, 0.1) is 11.8 Å². The topological polar surface area (TPSA) is 58.5 Å². The van der Waals surface area contributed by atoms with E-state index in [-0.39, 0.29) is 0 Å². The van der Waals surface area contributed by atoms with Crippen molar-refractivity contribution in [2.75, 3.05) is 0 Å². The molecule has 1 N–H and O–H groups in total. The molecule has 0 aliphatic heterocycles. The van der Waals surface area contributed by atoms with Crippen molar-refractivity contribution in [1.82, 2.24) is 5.43 Å². The Labute approximate surface area is 90.2 Å². The molecule has 0 bridgehead atoms. The van der Waals surface area contributed by atoms with Crippen molar-refractivity contribution in [3.63, 3.8) is 0 Å². The predicted molar refractivity (Wildman–Crippen MR) is 51.7 cm³/mol. The fraction of sp³-hybridized carbons (Fsp3) is 0.444. The van der Waals surface area contributed by atoms with Crippen molar-refractivity contribution in [1.29, 1.82) is 0 Å². The predicted octanol–water partition coefficient (Wildman–Crippen LogP) is 1.58. The molecule has 0 atom stereocenters. The molecule has 4 nitrogen and oxygen atoms in total. The molecule has 16 heavy (non-hydrogen) atoms. The van der Waals surface area contributed by atoms with Gasteiger partial charge in [-0.2, -0.15) is 18.3 Å². The van der Waals surface area contributed by atoms with Crippen LogP contribution in [0.15, 0.2) is 16.2 Å². The van der Waals surface area contributed by atoms with Crippen LogP contribution in [-0.2, 0) is 9.59 Å². The van der Waals surface area contributed by atoms with E-state index in [1.54, 1.807) is 0 Å². The zero-order chi connectivity index (χ0) is 12.9. The molecule has 0 aromatic rings. The highest BCUT2D eigenvalue weighted by molar-refractivity contribution is 6.00. The van der Waals surface area contributed by atoms with Crippen molar-refractivity contribution in [2.45, 2.75) is 26.9 Å². The van der Waals surface area contributed by atoms with Crippen molar-refractivity contribution in [2.24, 2.45) is 5.10 Å². The second-order valence-corrected chi connectivity index (χ2v) is 3.02. The van der Waals surface area contributed by atoms with Crippen LogP contribution < -0.4 is 5.43 Å². The van der Waals surface area contributed by atoms with Crippen LogP contribution in [0.4, 0.5) is 13.2 Å². The van der Waals surface area contributed by atoms with Gasteiger partial charge in [0.2, 0.25) is 5.91 Å². The second-order valence-electron chi connectivity index (χ2n) is 3.02. The Morgan fingerprint density at radius 3 is 2.00 bits per heavy atom. The third-order valence-corrected chi connectivity index (χ3v) is 1.65. The number of nitrogens with zero attached hydrogens (tertiary/aromatic N) is 1. The van der Waals surface area contributed by atoms with Gasteiger partial charge >= 0.3 is 6.18 Å². The summed E-state index contributed by atoms with van der Waals surface area (Å²) < 4.78 is 37.3. The molecular formula is C9H11F3N2O2. The third kappa shape index (κ3) is 4.72. The minimum absolute atomic E-state index is 0.415. The zero-order valence-electron chi connectivity index (χ0n) is 8.97. The van der Waals surface area contributed by atoms with Gasteiger partial charge in [-0.1, -0.05) is 0 Å². The number of halogens is 3. The van der Waals surface area contributed by atoms with Gasteiger partial charge in [-0.25, -0.2) is 5.43 Å². The van der Waals surface area contributed by atoms with Crippen LogP contribution in [0, 0.1) is 0 Å². The van der Waals surface area contributed by atoms with Crippen molar-refractivity contribution < 1.29 is 22.8 Å². The summed E-state index contributed by atoms with van der Waals surface area (Å²) in [6.45, 7) is 3.17. The highest BCUT2D eigenvalue weighted by Crippen LogP contribution is 2.27. The molecule has 0 aliphatic rings. The Kier molecular flexibility index (Phi) is 4.87. The number of alkyl halides is 3. The van der Waals surface area contributed by atoms with E-state index in [2.05, 4.69) is 5.10 Å². The number of Topliss-reactive ketones (excluding diaryl/α,β-unsaturated/α-hetero) is 1. The third-order valence-electron chi connectivity index (χ3n) is 1.65. The molecule has 0 spiro atoms. The van der Waals surface area contributed by atoms with E-state index in [0.717, 1.165) is 20.8 Å². The number of nitrogens with one attached hydrogen (secondary N) is 1. The number of ketones is 1. The van der Waals surface area contributed by atoms with E-state index in [0.29, 0.717) is 6.21 Å². The molecule has 0 saturated carbocycles. The van der Waals surface area contributed by atoms with Crippen LogP contribution in [0.5, 0.6) is 0 Å². The molecule has 0 radical (unpaired) electrons. The number of hydrogen-bond acceptors (Lipinski definition) is 3. The lowest BCUT2D eigenvalue weighted by Crippen LogP contribution is -2.20. The first-order valence-electron chi connectivity index (χ1n) is 4.25. The lowest BCUT2D eigenvalue weighted by molar-refractivity contribution is -0.119. The monoisotopic (exact) mass is 236 g/mol. The lowest BCUT2D eigenvalue weighted by atomic mass is 10.1. The SMILES string of the molecule is CC(=O)N/N=C/C(=C(/C)C(C)=O)C(F)(F)F. The molecule has 0 rings (SSSR count). The minimum Gasteiger partial charge on any atom is -0.295 e. The van der Waals surface area contributed by atoms with Crippen LogP contribution >= 0.6 is 0 Å². The van der Waals surface area contributed by atoms with Crippen molar-refractivity contribution in [3.8, 4) is 0 Å². The molecule has 7 heteroatoms. The summed E-state index contributed by atoms with van der Waals surface area (Å²) in [6, 6.07) is 0. The number of amides is 1. The summed E-state index contributed by atoms with van der Waals surface area (Å²) in [5, 5.41) is 3.09. The summed E-state index contributed by atoms with van der Waals surface area (Å²) in [7, 11) is 0. The molecule has 0 aromatic heterocycles. The zero-order valence-corrected chi connectivity index (χ0v) is 8.97. The van der Waals surface area contributed by atoms with Gasteiger partial charge in [0.15, 0.2) is 5.78 Å². The highest BCUT2D eigenvalue weighted by Gasteiger charge is 2.35. The molecule has 0 fully saturated rings. The molecule has 0 unspecified atom stereocenters. The number of rotatable bonds is 3. The van der Waals surface area contributed by atoms with E-state index in [1.165, 1.54) is 0 Å². The number of hydrogen-bond donors (Lipinski definition) is 1. The van der Waals surface area contributed by atoms with Gasteiger partial charge < -0.3 is 0 Å². The van der Waals surface area contributed by atoms with Crippen molar-refractivity contribution in [3.05, 3.63) is 11.1 Å². The number of carbonyl (C=O) groups is 2. The first-order chi connectivity index (χ1) is 7.16. The van der Waals surface area contributed by atoms with Gasteiger partial charge in [-0.3, -0.25) is 9.59 Å². The first kappa shape index (κ1) is 14.3. The Balaban J connectivity index is 5.14. The highest BCUT2D eigenvalue weighted by atomic mass is 19.4. The standard InChI is InChI=1S/C9H11F3N2O2/c1-5(6(2)15)8(9(10,11)12)4-13-14-7(3)16/h4H,1-3H3,(H,14,16)/b8-5+,13-4+. The quantitative estimate of drug-likeness (QED) is 0.459. The molecular weight excluding hydrogens is 225 g/mol. The largest absolute Gasteiger partial charge is 0.418 e. The van der Waals surface area contributed by atoms with E-state index >= 15 is 0 Å². The van der Waals surface area contributed by atoms with Gasteiger partial charge in [0.1, 0.15) is 0 Å². The van der Waals surface area contributed by atoms with E-state index in [4.69, 9.17) is 0 Å². The Hall–Kier alpha value is -1.66. The molecule has 90 valence electrons. The van der Waals surface area contributed by atoms with Crippen LogP contribution in [0.2, 0.25) is 0 Å². The molecule has 0 aliphatic carbocycles. The van der Waals surface area contributed by atoms with E-state index in [9.17, 15) is 22.8 Å². The molecule has 0 aromatic carbocycles. The number of allylic oxidation sites excluding steroid dienone is 2. The van der Waals surface area contributed by atoms with Gasteiger partial charge in [0.25, 0.3) is 0 Å². The van der Waals surface area contributed by atoms with Crippen LogP contribution in [0.1, 0.15) is 20.8 Å². The maximum absolute atomic E-state index is 12.4. The van der Waals surface area contributed by atoms with Gasteiger partial charge in [-0.15, -0.1) is 0 Å². The summed E-state index contributed by atoms with van der Waals surface area (Å²) in [5.74, 6) is -1.31. The fourth-order valence-corrected chi connectivity index (χ4v) is 0.760.